The number of carbonyl (C=O) groups excluding carboxylic acids is 1. The fourth-order valence-corrected chi connectivity index (χ4v) is 2.25. The number of amides is 1. The zero-order valence-electron chi connectivity index (χ0n) is 14.0. The molecule has 1 aromatic heterocycles. The van der Waals surface area contributed by atoms with Gasteiger partial charge >= 0.3 is 0 Å². The van der Waals surface area contributed by atoms with Crippen LogP contribution in [0.4, 0.5) is 0 Å². The van der Waals surface area contributed by atoms with E-state index in [2.05, 4.69) is 10.3 Å². The van der Waals surface area contributed by atoms with Crippen molar-refractivity contribution in [3.05, 3.63) is 28.8 Å². The van der Waals surface area contributed by atoms with Crippen molar-refractivity contribution in [2.45, 2.75) is 13.0 Å². The second-order valence-corrected chi connectivity index (χ2v) is 5.10. The molecule has 0 aliphatic rings. The van der Waals surface area contributed by atoms with Crippen LogP contribution >= 0.6 is 0 Å². The van der Waals surface area contributed by atoms with Crippen LogP contribution < -0.4 is 20.3 Å². The third-order valence-electron chi connectivity index (χ3n) is 3.49. The van der Waals surface area contributed by atoms with E-state index in [9.17, 15) is 9.59 Å². The molecule has 0 fully saturated rings. The molecule has 8 heteroatoms. The molecule has 0 unspecified atom stereocenters. The second-order valence-electron chi connectivity index (χ2n) is 5.10. The van der Waals surface area contributed by atoms with Gasteiger partial charge in [-0.15, -0.1) is 0 Å². The van der Waals surface area contributed by atoms with Crippen molar-refractivity contribution in [1.29, 1.82) is 0 Å². The van der Waals surface area contributed by atoms with Gasteiger partial charge in [-0.1, -0.05) is 0 Å². The summed E-state index contributed by atoms with van der Waals surface area (Å²) in [4.78, 5) is 28.7. The number of benzene rings is 1. The SMILES string of the molecule is COCCCNC(=O)Cn1cnc2cc(OC)c(OC)cc2c1=O. The lowest BCUT2D eigenvalue weighted by atomic mass is 10.2. The van der Waals surface area contributed by atoms with E-state index >= 15 is 0 Å². The first kappa shape index (κ1) is 17.7. The topological polar surface area (TPSA) is 91.7 Å². The number of nitrogens with zero attached hydrogens (tertiary/aromatic N) is 2. The minimum absolute atomic E-state index is 0.0941. The maximum absolute atomic E-state index is 12.5. The number of rotatable bonds is 8. The summed E-state index contributed by atoms with van der Waals surface area (Å²) < 4.78 is 16.6. The van der Waals surface area contributed by atoms with E-state index in [0.29, 0.717) is 42.0 Å². The summed E-state index contributed by atoms with van der Waals surface area (Å²) in [6, 6.07) is 3.20. The zero-order chi connectivity index (χ0) is 17.5. The number of ether oxygens (including phenoxy) is 3. The second kappa shape index (κ2) is 8.30. The highest BCUT2D eigenvalue weighted by atomic mass is 16.5. The Bertz CT molecular complexity index is 772. The zero-order valence-corrected chi connectivity index (χ0v) is 14.0. The summed E-state index contributed by atoms with van der Waals surface area (Å²) >= 11 is 0. The summed E-state index contributed by atoms with van der Waals surface area (Å²) in [6.07, 6.45) is 2.06. The molecule has 0 saturated carbocycles. The molecule has 0 saturated heterocycles. The van der Waals surface area contributed by atoms with Gasteiger partial charge in [0.15, 0.2) is 11.5 Å². The van der Waals surface area contributed by atoms with Crippen molar-refractivity contribution >= 4 is 16.8 Å². The molecule has 130 valence electrons. The standard InChI is InChI=1S/C16H21N3O5/c1-22-6-4-5-17-15(20)9-19-10-18-12-8-14(24-3)13(23-2)7-11(12)16(19)21/h7-8,10H,4-6,9H2,1-3H3,(H,17,20). The molecule has 1 amide bonds. The summed E-state index contributed by atoms with van der Waals surface area (Å²) in [5.74, 6) is 0.672. The lowest BCUT2D eigenvalue weighted by molar-refractivity contribution is -0.121. The molecule has 0 aliphatic heterocycles. The molecule has 0 radical (unpaired) electrons. The van der Waals surface area contributed by atoms with Gasteiger partial charge in [0.05, 0.1) is 31.4 Å². The summed E-state index contributed by atoms with van der Waals surface area (Å²) in [5.41, 5.74) is 0.169. The number of hydrogen-bond donors (Lipinski definition) is 1. The smallest absolute Gasteiger partial charge is 0.261 e. The van der Waals surface area contributed by atoms with Crippen LogP contribution in [0, 0.1) is 0 Å². The average Bonchev–Trinajstić information content (AvgIpc) is 2.60. The van der Waals surface area contributed by atoms with Gasteiger partial charge in [0.25, 0.3) is 5.56 Å². The molecule has 0 atom stereocenters. The molecule has 1 heterocycles. The molecular weight excluding hydrogens is 314 g/mol. The number of nitrogens with one attached hydrogen (secondary N) is 1. The van der Waals surface area contributed by atoms with Crippen molar-refractivity contribution < 1.29 is 19.0 Å². The van der Waals surface area contributed by atoms with Gasteiger partial charge < -0.3 is 19.5 Å². The van der Waals surface area contributed by atoms with Gasteiger partial charge in [0.1, 0.15) is 6.54 Å². The van der Waals surface area contributed by atoms with E-state index in [1.54, 1.807) is 19.2 Å². The highest BCUT2D eigenvalue weighted by Crippen LogP contribution is 2.29. The Kier molecular flexibility index (Phi) is 6.14. The van der Waals surface area contributed by atoms with Gasteiger partial charge in [-0.3, -0.25) is 14.2 Å². The molecular formula is C16H21N3O5. The Balaban J connectivity index is 2.21. The normalized spacial score (nSPS) is 10.6. The van der Waals surface area contributed by atoms with Crippen molar-refractivity contribution in [3.63, 3.8) is 0 Å². The molecule has 8 nitrogen and oxygen atoms in total. The highest BCUT2D eigenvalue weighted by molar-refractivity contribution is 5.82. The number of fused-ring (bicyclic) bond motifs is 1. The van der Waals surface area contributed by atoms with Gasteiger partial charge in [-0.25, -0.2) is 4.98 Å². The van der Waals surface area contributed by atoms with Gasteiger partial charge in [0.2, 0.25) is 5.91 Å². The van der Waals surface area contributed by atoms with Crippen molar-refractivity contribution in [1.82, 2.24) is 14.9 Å². The number of hydrogen-bond acceptors (Lipinski definition) is 6. The lowest BCUT2D eigenvalue weighted by Crippen LogP contribution is -2.33. The Morgan fingerprint density at radius 1 is 1.21 bits per heavy atom. The minimum atomic E-state index is -0.312. The van der Waals surface area contributed by atoms with Crippen LogP contribution in [0.2, 0.25) is 0 Å². The summed E-state index contributed by atoms with van der Waals surface area (Å²) in [5, 5.41) is 3.09. The van der Waals surface area contributed by atoms with Crippen LogP contribution in [0.15, 0.2) is 23.3 Å². The largest absolute Gasteiger partial charge is 0.493 e. The Morgan fingerprint density at radius 2 is 1.92 bits per heavy atom. The quantitative estimate of drug-likeness (QED) is 0.709. The number of aromatic nitrogens is 2. The monoisotopic (exact) mass is 335 g/mol. The van der Waals surface area contributed by atoms with Gasteiger partial charge in [-0.05, 0) is 12.5 Å². The van der Waals surface area contributed by atoms with Crippen molar-refractivity contribution in [3.8, 4) is 11.5 Å². The average molecular weight is 335 g/mol. The van der Waals surface area contributed by atoms with Crippen LogP contribution in [-0.2, 0) is 16.1 Å². The first-order valence-electron chi connectivity index (χ1n) is 7.47. The van der Waals surface area contributed by atoms with E-state index in [-0.39, 0.29) is 18.0 Å². The lowest BCUT2D eigenvalue weighted by Gasteiger charge is -2.10. The maximum atomic E-state index is 12.5. The van der Waals surface area contributed by atoms with Crippen LogP contribution in [0.3, 0.4) is 0 Å². The summed E-state index contributed by atoms with van der Waals surface area (Å²) in [6.45, 7) is 0.968. The van der Waals surface area contributed by atoms with E-state index in [1.807, 2.05) is 0 Å². The third-order valence-corrected chi connectivity index (χ3v) is 3.49. The Morgan fingerprint density at radius 3 is 2.58 bits per heavy atom. The predicted molar refractivity (Wildman–Crippen MR) is 88.6 cm³/mol. The van der Waals surface area contributed by atoms with E-state index in [0.717, 1.165) is 0 Å². The molecule has 0 spiro atoms. The van der Waals surface area contributed by atoms with Crippen LogP contribution in [0.1, 0.15) is 6.42 Å². The Labute approximate surface area is 139 Å². The third kappa shape index (κ3) is 4.02. The minimum Gasteiger partial charge on any atom is -0.493 e. The Hall–Kier alpha value is -2.61. The fraction of sp³-hybridized carbons (Fsp3) is 0.438. The highest BCUT2D eigenvalue weighted by Gasteiger charge is 2.12. The molecule has 0 aliphatic carbocycles. The molecule has 1 aromatic carbocycles. The van der Waals surface area contributed by atoms with Crippen LogP contribution in [-0.4, -0.2) is 49.9 Å². The van der Waals surface area contributed by atoms with Crippen molar-refractivity contribution in [2.75, 3.05) is 34.5 Å². The van der Waals surface area contributed by atoms with Crippen LogP contribution in [0.5, 0.6) is 11.5 Å². The molecule has 24 heavy (non-hydrogen) atoms. The first-order valence-corrected chi connectivity index (χ1v) is 7.47. The van der Waals surface area contributed by atoms with E-state index < -0.39 is 0 Å². The molecule has 0 bridgehead atoms. The fourth-order valence-electron chi connectivity index (χ4n) is 2.25. The molecule has 1 N–H and O–H groups in total. The molecule has 2 aromatic rings. The maximum Gasteiger partial charge on any atom is 0.261 e. The first-order chi connectivity index (χ1) is 11.6. The summed E-state index contributed by atoms with van der Waals surface area (Å²) in [7, 11) is 4.61. The molecule has 2 rings (SSSR count). The van der Waals surface area contributed by atoms with E-state index in [1.165, 1.54) is 25.1 Å². The predicted octanol–water partition coefficient (Wildman–Crippen LogP) is 0.566. The van der Waals surface area contributed by atoms with Crippen LogP contribution in [0.25, 0.3) is 10.9 Å². The van der Waals surface area contributed by atoms with E-state index in [4.69, 9.17) is 14.2 Å². The number of methoxy groups -OCH3 is 3. The van der Waals surface area contributed by atoms with Crippen molar-refractivity contribution in [2.24, 2.45) is 0 Å². The van der Waals surface area contributed by atoms with Gasteiger partial charge in [-0.2, -0.15) is 0 Å². The van der Waals surface area contributed by atoms with Gasteiger partial charge in [0, 0.05) is 26.3 Å². The number of carbonyl (C=O) groups is 1.